The van der Waals surface area contributed by atoms with Crippen molar-refractivity contribution in [3.8, 4) is 0 Å². The summed E-state index contributed by atoms with van der Waals surface area (Å²) in [4.78, 5) is 3.63. The quantitative estimate of drug-likeness (QED) is 0.633. The SMILES string of the molecule is C=C[Si](CCCC)(NCC)N(C)C. The molecule has 1 unspecified atom stereocenters. The van der Waals surface area contributed by atoms with E-state index in [0.717, 1.165) is 6.54 Å². The van der Waals surface area contributed by atoms with Crippen molar-refractivity contribution in [3.05, 3.63) is 12.3 Å². The van der Waals surface area contributed by atoms with E-state index in [1.807, 2.05) is 0 Å². The highest BCUT2D eigenvalue weighted by Crippen LogP contribution is 2.14. The first kappa shape index (κ1) is 12.9. The largest absolute Gasteiger partial charge is 0.322 e. The molecule has 3 heteroatoms. The molecule has 0 bridgehead atoms. The van der Waals surface area contributed by atoms with Gasteiger partial charge in [-0.15, -0.1) is 6.58 Å². The third-order valence-electron chi connectivity index (χ3n) is 2.53. The molecule has 0 fully saturated rings. The molecule has 0 aliphatic rings. The standard InChI is InChI=1S/C10H24N2Si/c1-6-9-10-13(8-3,11-7-2)12(4)5/h8,11H,3,6-7,9-10H2,1-2,4-5H3. The lowest BCUT2D eigenvalue weighted by Gasteiger charge is -2.35. The van der Waals surface area contributed by atoms with E-state index < -0.39 is 8.40 Å². The fourth-order valence-corrected chi connectivity index (χ4v) is 4.74. The fourth-order valence-electron chi connectivity index (χ4n) is 1.58. The van der Waals surface area contributed by atoms with E-state index in [-0.39, 0.29) is 0 Å². The number of nitrogens with one attached hydrogen (secondary N) is 1. The number of unbranched alkanes of at least 4 members (excludes halogenated alkanes) is 1. The summed E-state index contributed by atoms with van der Waals surface area (Å²) in [6, 6.07) is 1.27. The van der Waals surface area contributed by atoms with E-state index in [1.165, 1.54) is 18.9 Å². The van der Waals surface area contributed by atoms with Crippen molar-refractivity contribution in [2.45, 2.75) is 32.7 Å². The fraction of sp³-hybridized carbons (Fsp3) is 0.800. The number of rotatable bonds is 7. The van der Waals surface area contributed by atoms with Crippen molar-refractivity contribution in [1.82, 2.24) is 9.55 Å². The van der Waals surface area contributed by atoms with Crippen LogP contribution >= 0.6 is 0 Å². The maximum absolute atomic E-state index is 3.98. The summed E-state index contributed by atoms with van der Waals surface area (Å²) in [7, 11) is 2.80. The third kappa shape index (κ3) is 3.63. The Balaban J connectivity index is 4.35. The second-order valence-corrected chi connectivity index (χ2v) is 7.66. The van der Waals surface area contributed by atoms with Gasteiger partial charge in [-0.05, 0) is 26.7 Å². The van der Waals surface area contributed by atoms with Crippen LogP contribution in [0.2, 0.25) is 6.04 Å². The van der Waals surface area contributed by atoms with Gasteiger partial charge in [-0.25, -0.2) is 0 Å². The van der Waals surface area contributed by atoms with Crippen LogP contribution in [0, 0.1) is 0 Å². The highest BCUT2D eigenvalue weighted by atomic mass is 28.3. The lowest BCUT2D eigenvalue weighted by atomic mass is 10.4. The summed E-state index contributed by atoms with van der Waals surface area (Å²) < 4.78 is 2.35. The summed E-state index contributed by atoms with van der Waals surface area (Å²) in [6.45, 7) is 9.43. The van der Waals surface area contributed by atoms with E-state index in [2.05, 4.69) is 49.8 Å². The van der Waals surface area contributed by atoms with Gasteiger partial charge in [0, 0.05) is 0 Å². The van der Waals surface area contributed by atoms with Crippen molar-refractivity contribution in [1.29, 1.82) is 0 Å². The summed E-state index contributed by atoms with van der Waals surface area (Å²) in [5.74, 6) is 0. The van der Waals surface area contributed by atoms with Crippen LogP contribution < -0.4 is 4.98 Å². The minimum Gasteiger partial charge on any atom is -0.322 e. The minimum absolute atomic E-state index is 1.04. The number of hydrogen-bond donors (Lipinski definition) is 1. The van der Waals surface area contributed by atoms with Gasteiger partial charge < -0.3 is 9.55 Å². The lowest BCUT2D eigenvalue weighted by Crippen LogP contribution is -2.60. The van der Waals surface area contributed by atoms with Crippen molar-refractivity contribution in [3.63, 3.8) is 0 Å². The molecule has 0 radical (unpaired) electrons. The van der Waals surface area contributed by atoms with Gasteiger partial charge in [0.1, 0.15) is 0 Å². The van der Waals surface area contributed by atoms with Crippen molar-refractivity contribution in [2.75, 3.05) is 20.6 Å². The Morgan fingerprint density at radius 2 is 2.00 bits per heavy atom. The van der Waals surface area contributed by atoms with Crippen LogP contribution in [0.1, 0.15) is 26.7 Å². The maximum Gasteiger partial charge on any atom is 0.228 e. The Bertz CT molecular complexity index is 148. The molecular formula is C10H24N2Si. The molecule has 0 saturated heterocycles. The zero-order valence-corrected chi connectivity index (χ0v) is 10.6. The Labute approximate surface area is 84.2 Å². The van der Waals surface area contributed by atoms with Crippen LogP contribution in [0.3, 0.4) is 0 Å². The molecule has 0 aliphatic carbocycles. The molecule has 78 valence electrons. The monoisotopic (exact) mass is 200 g/mol. The van der Waals surface area contributed by atoms with Gasteiger partial charge in [0.25, 0.3) is 0 Å². The van der Waals surface area contributed by atoms with E-state index >= 15 is 0 Å². The topological polar surface area (TPSA) is 15.3 Å². The summed E-state index contributed by atoms with van der Waals surface area (Å²) in [5, 5.41) is 0. The van der Waals surface area contributed by atoms with Crippen LogP contribution in [0.25, 0.3) is 0 Å². The van der Waals surface area contributed by atoms with Crippen LogP contribution in [0.5, 0.6) is 0 Å². The molecule has 0 spiro atoms. The van der Waals surface area contributed by atoms with Crippen LogP contribution in [-0.2, 0) is 0 Å². The number of nitrogens with zero attached hydrogens (tertiary/aromatic N) is 1. The molecule has 0 saturated carbocycles. The molecule has 1 N–H and O–H groups in total. The Morgan fingerprint density at radius 3 is 2.31 bits per heavy atom. The predicted octanol–water partition coefficient (Wildman–Crippen LogP) is 2.12. The Kier molecular flexibility index (Phi) is 6.29. The van der Waals surface area contributed by atoms with Gasteiger partial charge in [0.15, 0.2) is 0 Å². The zero-order valence-electron chi connectivity index (χ0n) is 9.56. The summed E-state index contributed by atoms with van der Waals surface area (Å²) in [6.07, 6.45) is 2.56. The van der Waals surface area contributed by atoms with E-state index in [4.69, 9.17) is 0 Å². The predicted molar refractivity (Wildman–Crippen MR) is 63.0 cm³/mol. The van der Waals surface area contributed by atoms with Crippen LogP contribution in [-0.4, -0.2) is 33.6 Å². The van der Waals surface area contributed by atoms with Crippen molar-refractivity contribution < 1.29 is 0 Å². The molecule has 0 amide bonds. The van der Waals surface area contributed by atoms with E-state index in [0.29, 0.717) is 0 Å². The maximum atomic E-state index is 3.98. The normalized spacial score (nSPS) is 15.8. The smallest absolute Gasteiger partial charge is 0.228 e. The first-order chi connectivity index (χ1) is 6.13. The summed E-state index contributed by atoms with van der Waals surface area (Å²) >= 11 is 0. The molecule has 0 aromatic rings. The minimum atomic E-state index is -1.52. The van der Waals surface area contributed by atoms with Crippen LogP contribution in [0.15, 0.2) is 12.3 Å². The van der Waals surface area contributed by atoms with Crippen molar-refractivity contribution >= 4 is 8.40 Å². The number of hydrogen-bond acceptors (Lipinski definition) is 2. The Morgan fingerprint density at radius 1 is 1.38 bits per heavy atom. The van der Waals surface area contributed by atoms with E-state index in [9.17, 15) is 0 Å². The average Bonchev–Trinajstić information content (AvgIpc) is 2.12. The van der Waals surface area contributed by atoms with Gasteiger partial charge >= 0.3 is 0 Å². The highest BCUT2D eigenvalue weighted by molar-refractivity contribution is 6.79. The van der Waals surface area contributed by atoms with Gasteiger partial charge in [-0.3, -0.25) is 0 Å². The van der Waals surface area contributed by atoms with E-state index in [1.54, 1.807) is 0 Å². The molecular weight excluding hydrogens is 176 g/mol. The van der Waals surface area contributed by atoms with Crippen molar-refractivity contribution in [2.24, 2.45) is 0 Å². The highest BCUT2D eigenvalue weighted by Gasteiger charge is 2.31. The molecule has 13 heavy (non-hydrogen) atoms. The molecule has 1 atom stereocenters. The average molecular weight is 200 g/mol. The molecule has 0 rings (SSSR count). The first-order valence-electron chi connectivity index (χ1n) is 5.19. The molecule has 0 heterocycles. The van der Waals surface area contributed by atoms with Gasteiger partial charge in [-0.1, -0.05) is 32.4 Å². The summed E-state index contributed by atoms with van der Waals surface area (Å²) in [5.41, 5.74) is 2.16. The zero-order chi connectivity index (χ0) is 10.3. The van der Waals surface area contributed by atoms with Crippen LogP contribution in [0.4, 0.5) is 0 Å². The first-order valence-corrected chi connectivity index (χ1v) is 7.42. The Hall–Kier alpha value is -0.123. The van der Waals surface area contributed by atoms with Gasteiger partial charge in [-0.2, -0.15) is 0 Å². The van der Waals surface area contributed by atoms with Gasteiger partial charge in [0.05, 0.1) is 0 Å². The lowest BCUT2D eigenvalue weighted by molar-refractivity contribution is 0.585. The molecule has 0 aliphatic heterocycles. The van der Waals surface area contributed by atoms with Gasteiger partial charge in [0.2, 0.25) is 8.40 Å². The molecule has 2 nitrogen and oxygen atoms in total. The second kappa shape index (κ2) is 6.35. The molecule has 0 aromatic carbocycles. The third-order valence-corrected chi connectivity index (χ3v) is 6.88. The molecule has 0 aromatic heterocycles. The second-order valence-electron chi connectivity index (χ2n) is 3.66.